The molecule has 1 aliphatic rings. The third-order valence-corrected chi connectivity index (χ3v) is 3.35. The van der Waals surface area contributed by atoms with E-state index in [1.807, 2.05) is 18.5 Å². The van der Waals surface area contributed by atoms with Crippen LogP contribution in [0, 0.1) is 0 Å². The predicted octanol–water partition coefficient (Wildman–Crippen LogP) is 1.88. The average molecular weight is 235 g/mol. The highest BCUT2D eigenvalue weighted by atomic mass is 16.2. The van der Waals surface area contributed by atoms with Crippen molar-refractivity contribution >= 4 is 6.03 Å². The molecular weight excluding hydrogens is 214 g/mol. The van der Waals surface area contributed by atoms with Crippen molar-refractivity contribution < 1.29 is 4.79 Å². The maximum Gasteiger partial charge on any atom is 0.325 e. The van der Waals surface area contributed by atoms with Crippen molar-refractivity contribution in [1.29, 1.82) is 0 Å². The molecule has 2 rings (SSSR count). The molecule has 0 aliphatic heterocycles. The van der Waals surface area contributed by atoms with Gasteiger partial charge in [0.25, 0.3) is 0 Å². The molecule has 0 unspecified atom stereocenters. The number of nitrogens with zero attached hydrogens (tertiary/aromatic N) is 1. The topological polar surface area (TPSA) is 60.0 Å². The van der Waals surface area contributed by atoms with Crippen molar-refractivity contribution in [2.75, 3.05) is 6.54 Å². The Morgan fingerprint density at radius 2 is 2.18 bits per heavy atom. The monoisotopic (exact) mass is 235 g/mol. The summed E-state index contributed by atoms with van der Waals surface area (Å²) in [5, 5.41) is 3.08. The van der Waals surface area contributed by atoms with Crippen molar-refractivity contribution in [2.24, 2.45) is 5.73 Å². The van der Waals surface area contributed by atoms with Crippen LogP contribution in [-0.2, 0) is 6.42 Å². The second-order valence-electron chi connectivity index (χ2n) is 4.75. The maximum absolute atomic E-state index is 12.0. The fraction of sp³-hybridized carbons (Fsp3) is 0.615. The predicted molar refractivity (Wildman–Crippen MR) is 68.0 cm³/mol. The van der Waals surface area contributed by atoms with Crippen LogP contribution in [0.15, 0.2) is 18.5 Å². The zero-order valence-corrected chi connectivity index (χ0v) is 10.2. The molecule has 1 heterocycles. The van der Waals surface area contributed by atoms with Crippen LogP contribution in [0.2, 0.25) is 0 Å². The number of carbonyl (C=O) groups excluding carboxylic acids is 1. The Bertz CT molecular complexity index is 366. The quantitative estimate of drug-likeness (QED) is 0.840. The molecule has 0 spiro atoms. The molecule has 0 saturated heterocycles. The third-order valence-electron chi connectivity index (χ3n) is 3.35. The molecule has 3 N–H and O–H groups in total. The molecule has 1 aliphatic carbocycles. The van der Waals surface area contributed by atoms with E-state index in [4.69, 9.17) is 5.73 Å². The summed E-state index contributed by atoms with van der Waals surface area (Å²) in [6, 6.07) is 2.30. The lowest BCUT2D eigenvalue weighted by Gasteiger charge is -2.22. The van der Waals surface area contributed by atoms with Crippen molar-refractivity contribution in [1.82, 2.24) is 9.88 Å². The molecule has 1 aromatic rings. The van der Waals surface area contributed by atoms with Gasteiger partial charge in [0, 0.05) is 18.4 Å². The standard InChI is InChI=1S/C13H21N3O/c14-8-6-11-7-9-16(10-11)13(17)15-12-4-2-1-3-5-12/h7,9-10,12H,1-6,8,14H2,(H,15,17). The minimum atomic E-state index is -0.0137. The van der Waals surface area contributed by atoms with Gasteiger partial charge in [0.15, 0.2) is 0 Å². The summed E-state index contributed by atoms with van der Waals surface area (Å²) in [7, 11) is 0. The molecule has 4 nitrogen and oxygen atoms in total. The normalized spacial score (nSPS) is 17.0. The van der Waals surface area contributed by atoms with E-state index in [9.17, 15) is 4.79 Å². The van der Waals surface area contributed by atoms with Crippen LogP contribution in [0.5, 0.6) is 0 Å². The Hall–Kier alpha value is -1.29. The first-order chi connectivity index (χ1) is 8.29. The number of nitrogens with two attached hydrogens (primary N) is 1. The van der Waals surface area contributed by atoms with Gasteiger partial charge in [0.1, 0.15) is 0 Å². The maximum atomic E-state index is 12.0. The second-order valence-corrected chi connectivity index (χ2v) is 4.75. The van der Waals surface area contributed by atoms with Crippen LogP contribution < -0.4 is 11.1 Å². The highest BCUT2D eigenvalue weighted by Gasteiger charge is 2.16. The Labute approximate surface area is 102 Å². The van der Waals surface area contributed by atoms with Gasteiger partial charge in [-0.15, -0.1) is 0 Å². The van der Waals surface area contributed by atoms with Crippen molar-refractivity contribution in [3.63, 3.8) is 0 Å². The number of nitrogens with one attached hydrogen (secondary N) is 1. The van der Waals surface area contributed by atoms with E-state index >= 15 is 0 Å². The molecule has 1 amide bonds. The molecule has 94 valence electrons. The molecular formula is C13H21N3O. The number of amides is 1. The summed E-state index contributed by atoms with van der Waals surface area (Å²) < 4.78 is 1.62. The fourth-order valence-electron chi connectivity index (χ4n) is 2.38. The SMILES string of the molecule is NCCc1ccn(C(=O)NC2CCCCC2)c1. The molecule has 0 radical (unpaired) electrons. The summed E-state index contributed by atoms with van der Waals surface area (Å²) in [4.78, 5) is 12.0. The molecule has 1 aromatic heterocycles. The van der Waals surface area contributed by atoms with Crippen molar-refractivity contribution in [3.8, 4) is 0 Å². The average Bonchev–Trinajstić information content (AvgIpc) is 2.79. The third kappa shape index (κ3) is 3.33. The van der Waals surface area contributed by atoms with Crippen LogP contribution >= 0.6 is 0 Å². The zero-order chi connectivity index (χ0) is 12.1. The first-order valence-electron chi connectivity index (χ1n) is 6.47. The van der Waals surface area contributed by atoms with Crippen molar-refractivity contribution in [2.45, 2.75) is 44.6 Å². The van der Waals surface area contributed by atoms with E-state index in [0.717, 1.165) is 24.8 Å². The largest absolute Gasteiger partial charge is 0.335 e. The zero-order valence-electron chi connectivity index (χ0n) is 10.2. The molecule has 17 heavy (non-hydrogen) atoms. The first-order valence-corrected chi connectivity index (χ1v) is 6.47. The Morgan fingerprint density at radius 1 is 1.41 bits per heavy atom. The lowest BCUT2D eigenvalue weighted by atomic mass is 9.96. The van der Waals surface area contributed by atoms with Gasteiger partial charge in [-0.1, -0.05) is 19.3 Å². The van der Waals surface area contributed by atoms with Crippen LogP contribution in [0.4, 0.5) is 4.79 Å². The van der Waals surface area contributed by atoms with Gasteiger partial charge in [0.2, 0.25) is 0 Å². The summed E-state index contributed by atoms with van der Waals surface area (Å²) in [6.45, 7) is 0.619. The van der Waals surface area contributed by atoms with Gasteiger partial charge in [-0.25, -0.2) is 4.79 Å². The lowest BCUT2D eigenvalue weighted by molar-refractivity contribution is 0.234. The molecule has 1 fully saturated rings. The molecule has 0 aromatic carbocycles. The number of carbonyl (C=O) groups is 1. The van der Waals surface area contributed by atoms with E-state index in [2.05, 4.69) is 5.32 Å². The number of hydrogen-bond donors (Lipinski definition) is 2. The van der Waals surface area contributed by atoms with Crippen molar-refractivity contribution in [3.05, 3.63) is 24.0 Å². The molecule has 4 heteroatoms. The van der Waals surface area contributed by atoms with Gasteiger partial charge in [-0.2, -0.15) is 0 Å². The van der Waals surface area contributed by atoms with Crippen LogP contribution in [0.3, 0.4) is 0 Å². The van der Waals surface area contributed by atoms with Gasteiger partial charge in [0.05, 0.1) is 0 Å². The lowest BCUT2D eigenvalue weighted by Crippen LogP contribution is -2.38. The minimum absolute atomic E-state index is 0.0137. The Balaban J connectivity index is 1.89. The second kappa shape index (κ2) is 5.87. The van der Waals surface area contributed by atoms with Gasteiger partial charge in [-0.05, 0) is 37.4 Å². The fourth-order valence-corrected chi connectivity index (χ4v) is 2.38. The summed E-state index contributed by atoms with van der Waals surface area (Å²) >= 11 is 0. The number of aromatic nitrogens is 1. The molecule has 0 atom stereocenters. The Kier molecular flexibility index (Phi) is 4.20. The van der Waals surface area contributed by atoms with E-state index in [0.29, 0.717) is 12.6 Å². The summed E-state index contributed by atoms with van der Waals surface area (Å²) in [5.74, 6) is 0. The van der Waals surface area contributed by atoms with E-state index in [-0.39, 0.29) is 6.03 Å². The van der Waals surface area contributed by atoms with E-state index in [1.54, 1.807) is 4.57 Å². The van der Waals surface area contributed by atoms with Gasteiger partial charge < -0.3 is 11.1 Å². The Morgan fingerprint density at radius 3 is 2.88 bits per heavy atom. The van der Waals surface area contributed by atoms with Crippen LogP contribution in [0.1, 0.15) is 37.7 Å². The number of rotatable bonds is 3. The van der Waals surface area contributed by atoms with Gasteiger partial charge >= 0.3 is 6.03 Å². The molecule has 0 bridgehead atoms. The smallest absolute Gasteiger partial charge is 0.325 e. The van der Waals surface area contributed by atoms with E-state index in [1.165, 1.54) is 19.3 Å². The number of hydrogen-bond acceptors (Lipinski definition) is 2. The van der Waals surface area contributed by atoms with E-state index < -0.39 is 0 Å². The first kappa shape index (κ1) is 12.2. The van der Waals surface area contributed by atoms with Crippen LogP contribution in [-0.4, -0.2) is 23.2 Å². The van der Waals surface area contributed by atoms with Gasteiger partial charge in [-0.3, -0.25) is 4.57 Å². The highest BCUT2D eigenvalue weighted by Crippen LogP contribution is 2.17. The minimum Gasteiger partial charge on any atom is -0.335 e. The molecule has 1 saturated carbocycles. The summed E-state index contributed by atoms with van der Waals surface area (Å²) in [5.41, 5.74) is 6.60. The summed E-state index contributed by atoms with van der Waals surface area (Å²) in [6.07, 6.45) is 10.5. The van der Waals surface area contributed by atoms with Crippen LogP contribution in [0.25, 0.3) is 0 Å². The highest BCUT2D eigenvalue weighted by molar-refractivity contribution is 5.77.